The number of aromatic nitrogens is 2. The number of hydrogen-bond donors (Lipinski definition) is 1. The van der Waals surface area contributed by atoms with Gasteiger partial charge in [0.25, 0.3) is 0 Å². The molecule has 2 aromatic carbocycles. The van der Waals surface area contributed by atoms with Crippen molar-refractivity contribution in [2.24, 2.45) is 0 Å². The van der Waals surface area contributed by atoms with Crippen LogP contribution in [0.1, 0.15) is 30.4 Å². The van der Waals surface area contributed by atoms with Crippen LogP contribution in [0.4, 0.5) is 0 Å². The van der Waals surface area contributed by atoms with Gasteiger partial charge >= 0.3 is 0 Å². The fourth-order valence-electron chi connectivity index (χ4n) is 4.45. The molecule has 1 saturated heterocycles. The zero-order chi connectivity index (χ0) is 15.9. The van der Waals surface area contributed by atoms with E-state index in [1.54, 1.807) is 0 Å². The molecule has 5 rings (SSSR count). The summed E-state index contributed by atoms with van der Waals surface area (Å²) in [6.07, 6.45) is 7.89. The summed E-state index contributed by atoms with van der Waals surface area (Å²) in [5.74, 6) is 0. The van der Waals surface area contributed by atoms with Crippen molar-refractivity contribution in [3.63, 3.8) is 0 Å². The first-order valence-corrected chi connectivity index (χ1v) is 9.16. The quantitative estimate of drug-likeness (QED) is 0.541. The number of nitrogens with one attached hydrogen (secondary N) is 1. The van der Waals surface area contributed by atoms with Crippen molar-refractivity contribution in [2.75, 3.05) is 0 Å². The maximum atomic E-state index is 4.60. The first kappa shape index (κ1) is 14.1. The minimum absolute atomic E-state index is 0.768. The molecule has 1 aromatic heterocycles. The third-order valence-electron chi connectivity index (χ3n) is 5.78. The number of H-pyrrole nitrogens is 1. The Bertz CT molecular complexity index is 873. The fourth-order valence-corrected chi connectivity index (χ4v) is 4.45. The molecule has 2 aliphatic rings. The van der Waals surface area contributed by atoms with Gasteiger partial charge in [-0.1, -0.05) is 85.9 Å². The monoisotopic (exact) mass is 312 g/mol. The average Bonchev–Trinajstić information content (AvgIpc) is 3.22. The van der Waals surface area contributed by atoms with E-state index in [1.807, 2.05) is 0 Å². The SMILES string of the molecule is c1ccc2c(c1)Cc1c-2n[nH]c1-c1ccc(B2CCCCC2)cc1. The van der Waals surface area contributed by atoms with E-state index < -0.39 is 0 Å². The molecular weight excluding hydrogens is 291 g/mol. The molecule has 1 fully saturated rings. The van der Waals surface area contributed by atoms with Gasteiger partial charge in [0.2, 0.25) is 0 Å². The maximum Gasteiger partial charge on any atom is 0.175 e. The van der Waals surface area contributed by atoms with Crippen LogP contribution in [0, 0.1) is 0 Å². The van der Waals surface area contributed by atoms with Crippen LogP contribution in [-0.4, -0.2) is 16.9 Å². The van der Waals surface area contributed by atoms with Crippen molar-refractivity contribution < 1.29 is 0 Å². The van der Waals surface area contributed by atoms with Gasteiger partial charge in [-0.05, 0) is 11.1 Å². The van der Waals surface area contributed by atoms with E-state index in [4.69, 9.17) is 0 Å². The van der Waals surface area contributed by atoms with Crippen LogP contribution in [0.5, 0.6) is 0 Å². The minimum Gasteiger partial charge on any atom is -0.277 e. The van der Waals surface area contributed by atoms with E-state index in [0.29, 0.717) is 0 Å². The first-order chi connectivity index (χ1) is 11.9. The third-order valence-corrected chi connectivity index (χ3v) is 5.78. The summed E-state index contributed by atoms with van der Waals surface area (Å²) in [6.45, 7) is 0.768. The summed E-state index contributed by atoms with van der Waals surface area (Å²) in [6, 6.07) is 17.8. The lowest BCUT2D eigenvalue weighted by Gasteiger charge is -2.19. The van der Waals surface area contributed by atoms with Gasteiger partial charge in [0, 0.05) is 17.5 Å². The van der Waals surface area contributed by atoms with Gasteiger partial charge < -0.3 is 0 Å². The van der Waals surface area contributed by atoms with Crippen LogP contribution in [0.2, 0.25) is 12.6 Å². The second-order valence-corrected chi connectivity index (χ2v) is 7.22. The fraction of sp³-hybridized carbons (Fsp3) is 0.286. The molecule has 0 atom stereocenters. The van der Waals surface area contributed by atoms with Crippen molar-refractivity contribution >= 4 is 12.2 Å². The molecule has 118 valence electrons. The lowest BCUT2D eigenvalue weighted by molar-refractivity contribution is 0.728. The van der Waals surface area contributed by atoms with Crippen molar-refractivity contribution in [3.05, 3.63) is 59.7 Å². The molecule has 0 radical (unpaired) electrons. The van der Waals surface area contributed by atoms with Gasteiger partial charge in [-0.15, -0.1) is 0 Å². The molecule has 0 saturated carbocycles. The van der Waals surface area contributed by atoms with Crippen molar-refractivity contribution in [1.82, 2.24) is 10.2 Å². The van der Waals surface area contributed by atoms with Gasteiger partial charge in [-0.3, -0.25) is 5.10 Å². The predicted molar refractivity (Wildman–Crippen MR) is 101 cm³/mol. The van der Waals surface area contributed by atoms with Gasteiger partial charge in [0.15, 0.2) is 6.71 Å². The topological polar surface area (TPSA) is 28.7 Å². The van der Waals surface area contributed by atoms with Crippen LogP contribution in [0.15, 0.2) is 48.5 Å². The Morgan fingerprint density at radius 3 is 2.50 bits per heavy atom. The number of nitrogens with zero attached hydrogens (tertiary/aromatic N) is 1. The van der Waals surface area contributed by atoms with Crippen LogP contribution in [-0.2, 0) is 6.42 Å². The highest BCUT2D eigenvalue weighted by atomic mass is 15.1. The molecule has 24 heavy (non-hydrogen) atoms. The Kier molecular flexibility index (Phi) is 3.32. The molecule has 3 aromatic rings. The lowest BCUT2D eigenvalue weighted by Crippen LogP contribution is -2.31. The lowest BCUT2D eigenvalue weighted by atomic mass is 9.38. The summed E-state index contributed by atoms with van der Waals surface area (Å²) in [5.41, 5.74) is 9.13. The second kappa shape index (κ2) is 5.66. The highest BCUT2D eigenvalue weighted by molar-refractivity contribution is 6.73. The summed E-state index contributed by atoms with van der Waals surface area (Å²) in [7, 11) is 0. The molecule has 2 heterocycles. The van der Waals surface area contributed by atoms with Gasteiger partial charge in [-0.2, -0.15) is 5.10 Å². The summed E-state index contributed by atoms with van der Waals surface area (Å²) in [5, 5.41) is 7.88. The Morgan fingerprint density at radius 1 is 0.875 bits per heavy atom. The Balaban J connectivity index is 1.47. The zero-order valence-electron chi connectivity index (χ0n) is 13.9. The molecule has 1 aliphatic heterocycles. The largest absolute Gasteiger partial charge is 0.277 e. The normalized spacial score (nSPS) is 16.1. The molecule has 0 spiro atoms. The van der Waals surface area contributed by atoms with E-state index in [-0.39, 0.29) is 0 Å². The number of rotatable bonds is 2. The van der Waals surface area contributed by atoms with Gasteiger partial charge in [0.05, 0.1) is 11.4 Å². The summed E-state index contributed by atoms with van der Waals surface area (Å²) >= 11 is 0. The van der Waals surface area contributed by atoms with Gasteiger partial charge in [0.1, 0.15) is 0 Å². The zero-order valence-corrected chi connectivity index (χ0v) is 13.9. The highest BCUT2D eigenvalue weighted by Crippen LogP contribution is 2.39. The molecule has 3 heteroatoms. The first-order valence-electron chi connectivity index (χ1n) is 9.16. The minimum atomic E-state index is 0.768. The Morgan fingerprint density at radius 2 is 1.67 bits per heavy atom. The average molecular weight is 312 g/mol. The molecule has 0 bridgehead atoms. The molecule has 0 amide bonds. The smallest absolute Gasteiger partial charge is 0.175 e. The molecule has 0 unspecified atom stereocenters. The summed E-state index contributed by atoms with van der Waals surface area (Å²) in [4.78, 5) is 0. The number of hydrogen-bond acceptors (Lipinski definition) is 1. The molecule has 1 N–H and O–H groups in total. The van der Waals surface area contributed by atoms with E-state index in [2.05, 4.69) is 58.7 Å². The van der Waals surface area contributed by atoms with E-state index in [9.17, 15) is 0 Å². The number of aromatic amines is 1. The van der Waals surface area contributed by atoms with Crippen molar-refractivity contribution in [2.45, 2.75) is 38.3 Å². The van der Waals surface area contributed by atoms with Crippen LogP contribution in [0.3, 0.4) is 0 Å². The Labute approximate surface area is 143 Å². The van der Waals surface area contributed by atoms with E-state index in [0.717, 1.165) is 18.8 Å². The van der Waals surface area contributed by atoms with Crippen LogP contribution in [0.25, 0.3) is 22.5 Å². The molecule has 1 aliphatic carbocycles. The second-order valence-electron chi connectivity index (χ2n) is 7.22. The van der Waals surface area contributed by atoms with Crippen LogP contribution < -0.4 is 5.46 Å². The standard InChI is InChI=1S/C21H21BN2/c1-4-12-22(13-5-1)17-10-8-15(9-11-17)20-19-14-16-6-2-3-7-18(16)21(19)24-23-20/h2-3,6-11H,1,4-5,12-14H2,(H,23,24). The Hall–Kier alpha value is -2.29. The van der Waals surface area contributed by atoms with E-state index in [1.165, 1.54) is 65.3 Å². The van der Waals surface area contributed by atoms with Crippen LogP contribution >= 0.6 is 0 Å². The predicted octanol–water partition coefficient (Wildman–Crippen LogP) is 4.53. The molecule has 2 nitrogen and oxygen atoms in total. The maximum absolute atomic E-state index is 4.60. The molecular formula is C21H21BN2. The number of fused-ring (bicyclic) bond motifs is 3. The highest BCUT2D eigenvalue weighted by Gasteiger charge is 2.25. The van der Waals surface area contributed by atoms with E-state index >= 15 is 0 Å². The number of benzene rings is 2. The van der Waals surface area contributed by atoms with Gasteiger partial charge in [-0.25, -0.2) is 0 Å². The van der Waals surface area contributed by atoms with Crippen molar-refractivity contribution in [1.29, 1.82) is 0 Å². The third kappa shape index (κ3) is 2.22. The van der Waals surface area contributed by atoms with Crippen molar-refractivity contribution in [3.8, 4) is 22.5 Å². The summed E-state index contributed by atoms with van der Waals surface area (Å²) < 4.78 is 0.